The highest BCUT2D eigenvalue weighted by Gasteiger charge is 2.65. The molecule has 1 unspecified atom stereocenters. The Morgan fingerprint density at radius 1 is 1.41 bits per heavy atom. The van der Waals surface area contributed by atoms with E-state index in [2.05, 4.69) is 25.7 Å². The van der Waals surface area contributed by atoms with E-state index in [4.69, 9.17) is 15.3 Å². The number of nitrogens with zero attached hydrogens (tertiary/aromatic N) is 8. The van der Waals surface area contributed by atoms with Crippen LogP contribution >= 0.6 is 23.1 Å². The van der Waals surface area contributed by atoms with Crippen LogP contribution in [0.1, 0.15) is 12.1 Å². The molecule has 0 aromatic carbocycles. The molecule has 2 aromatic rings. The van der Waals surface area contributed by atoms with E-state index in [9.17, 15) is 19.5 Å². The first-order chi connectivity index (χ1) is 16.3. The minimum Gasteiger partial charge on any atom is -0.449 e. The van der Waals surface area contributed by atoms with E-state index in [-0.39, 0.29) is 34.9 Å². The standard InChI is InChI=1S/C17H17N9O6S2/c1-24-16(20-22-23-24)34-11-6-3-4-25(10-9(6)26(13(10)28)14(11)32-17(29)30)12(27)8(21-31-2)7-5-33-15(18)19-7/h5-6,9-10H,3-4H2,1-2H3,(H2,18,19)(H,29,30)/b21-8-/t6?,9-,10+/m1/s1. The zero-order valence-electron chi connectivity index (χ0n) is 17.7. The van der Waals surface area contributed by atoms with Gasteiger partial charge in [-0.05, 0) is 28.6 Å². The van der Waals surface area contributed by atoms with Crippen molar-refractivity contribution in [3.8, 4) is 0 Å². The van der Waals surface area contributed by atoms with E-state index >= 15 is 0 Å². The number of aryl methyl sites for hydroxylation is 1. The number of oxime groups is 1. The van der Waals surface area contributed by atoms with Crippen molar-refractivity contribution in [1.29, 1.82) is 0 Å². The van der Waals surface area contributed by atoms with Crippen LogP contribution < -0.4 is 5.73 Å². The van der Waals surface area contributed by atoms with Crippen LogP contribution in [0.25, 0.3) is 0 Å². The summed E-state index contributed by atoms with van der Waals surface area (Å²) in [6.07, 6.45) is -1.11. The Labute approximate surface area is 199 Å². The lowest BCUT2D eigenvalue weighted by atomic mass is 9.80. The number of carbonyl (C=O) groups excluding carboxylic acids is 2. The Balaban J connectivity index is 1.46. The van der Waals surface area contributed by atoms with E-state index < -0.39 is 30.1 Å². The zero-order chi connectivity index (χ0) is 24.1. The van der Waals surface area contributed by atoms with Gasteiger partial charge < -0.3 is 25.3 Å². The summed E-state index contributed by atoms with van der Waals surface area (Å²) in [7, 11) is 2.94. The number of thiazole rings is 1. The van der Waals surface area contributed by atoms with Gasteiger partial charge in [0.05, 0.1) is 10.9 Å². The van der Waals surface area contributed by atoms with Crippen molar-refractivity contribution < 1.29 is 29.1 Å². The van der Waals surface area contributed by atoms with Gasteiger partial charge in [0.25, 0.3) is 11.8 Å². The number of amides is 2. The molecule has 17 heteroatoms. The van der Waals surface area contributed by atoms with Crippen molar-refractivity contribution in [2.24, 2.45) is 18.1 Å². The van der Waals surface area contributed by atoms with Crippen molar-refractivity contribution >= 4 is 51.9 Å². The molecule has 2 aromatic heterocycles. The average molecular weight is 508 g/mol. The van der Waals surface area contributed by atoms with Gasteiger partial charge in [-0.15, -0.1) is 16.4 Å². The number of nitrogens with two attached hydrogens (primary N) is 1. The second kappa shape index (κ2) is 8.24. The monoisotopic (exact) mass is 507 g/mol. The third kappa shape index (κ3) is 3.35. The summed E-state index contributed by atoms with van der Waals surface area (Å²) in [6.45, 7) is 0.216. The normalized spacial score (nSPS) is 23.6. The predicted molar refractivity (Wildman–Crippen MR) is 115 cm³/mol. The van der Waals surface area contributed by atoms with Gasteiger partial charge >= 0.3 is 6.16 Å². The van der Waals surface area contributed by atoms with Crippen molar-refractivity contribution in [3.63, 3.8) is 0 Å². The summed E-state index contributed by atoms with van der Waals surface area (Å²) in [5, 5.41) is 26.6. The lowest BCUT2D eigenvalue weighted by molar-refractivity contribution is -0.167. The first-order valence-electron chi connectivity index (χ1n) is 9.83. The fourth-order valence-corrected chi connectivity index (χ4v) is 5.98. The van der Waals surface area contributed by atoms with Crippen LogP contribution in [0.15, 0.2) is 26.5 Å². The Kier molecular flexibility index (Phi) is 5.35. The predicted octanol–water partition coefficient (Wildman–Crippen LogP) is -0.303. The van der Waals surface area contributed by atoms with Crippen LogP contribution in [0.2, 0.25) is 0 Å². The largest absolute Gasteiger partial charge is 0.512 e. The number of likely N-dealkylation sites (tertiary alicyclic amines) is 1. The van der Waals surface area contributed by atoms with Gasteiger partial charge in [0, 0.05) is 24.9 Å². The van der Waals surface area contributed by atoms with Gasteiger partial charge in [-0.2, -0.15) is 0 Å². The molecule has 0 spiro atoms. The molecule has 2 amide bonds. The van der Waals surface area contributed by atoms with Gasteiger partial charge in [0.15, 0.2) is 10.8 Å². The highest BCUT2D eigenvalue weighted by molar-refractivity contribution is 8.03. The number of hydrogen-bond acceptors (Lipinski definition) is 13. The number of hydrogen-bond donors (Lipinski definition) is 2. The molecule has 0 radical (unpaired) electrons. The van der Waals surface area contributed by atoms with E-state index in [1.54, 1.807) is 12.4 Å². The highest BCUT2D eigenvalue weighted by Crippen LogP contribution is 2.53. The summed E-state index contributed by atoms with van der Waals surface area (Å²) in [5.41, 5.74) is 5.86. The maximum atomic E-state index is 13.4. The molecule has 0 saturated carbocycles. The van der Waals surface area contributed by atoms with Crippen molar-refractivity contribution in [3.05, 3.63) is 21.9 Å². The number of anilines is 1. The molecule has 178 valence electrons. The lowest BCUT2D eigenvalue weighted by Gasteiger charge is -2.52. The van der Waals surface area contributed by atoms with Crippen LogP contribution in [0, 0.1) is 5.92 Å². The topological polar surface area (TPSA) is 191 Å². The number of thioether (sulfide) groups is 1. The molecule has 2 saturated heterocycles. The molecule has 34 heavy (non-hydrogen) atoms. The molecule has 0 aliphatic carbocycles. The second-order valence-corrected chi connectivity index (χ2v) is 9.35. The third-order valence-corrected chi connectivity index (χ3v) is 7.58. The van der Waals surface area contributed by atoms with Crippen LogP contribution in [0.3, 0.4) is 0 Å². The molecule has 5 rings (SSSR count). The summed E-state index contributed by atoms with van der Waals surface area (Å²) in [4.78, 5) is 50.1. The first kappa shape index (κ1) is 22.1. The number of aromatic nitrogens is 5. The summed E-state index contributed by atoms with van der Waals surface area (Å²) in [5.74, 6) is -1.34. The summed E-state index contributed by atoms with van der Waals surface area (Å²) < 4.78 is 6.44. The van der Waals surface area contributed by atoms with Crippen LogP contribution in [0.4, 0.5) is 9.93 Å². The number of piperidine rings is 1. The number of β-lactam (4-membered cyclic amide) rings is 1. The quantitative estimate of drug-likeness (QED) is 0.225. The van der Waals surface area contributed by atoms with Crippen molar-refractivity contribution in [1.82, 2.24) is 35.0 Å². The van der Waals surface area contributed by atoms with Gasteiger partial charge in [-0.1, -0.05) is 5.16 Å². The number of carboxylic acid groups (broad SMARTS) is 1. The Bertz CT molecular complexity index is 1260. The van der Waals surface area contributed by atoms with Crippen LogP contribution in [-0.2, 0) is 26.2 Å². The minimum atomic E-state index is -1.55. The number of tetrazole rings is 1. The molecule has 2 fully saturated rings. The Hall–Kier alpha value is -3.73. The fourth-order valence-electron chi connectivity index (χ4n) is 4.35. The van der Waals surface area contributed by atoms with E-state index in [0.29, 0.717) is 16.5 Å². The summed E-state index contributed by atoms with van der Waals surface area (Å²) >= 11 is 2.27. The van der Waals surface area contributed by atoms with Gasteiger partial charge in [0.1, 0.15) is 18.8 Å². The van der Waals surface area contributed by atoms with E-state index in [0.717, 1.165) is 23.1 Å². The summed E-state index contributed by atoms with van der Waals surface area (Å²) in [6, 6.07) is -1.32. The van der Waals surface area contributed by atoms with Crippen LogP contribution in [0.5, 0.6) is 0 Å². The molecule has 3 aliphatic heterocycles. The Morgan fingerprint density at radius 3 is 2.82 bits per heavy atom. The van der Waals surface area contributed by atoms with Crippen LogP contribution in [-0.4, -0.2) is 89.5 Å². The lowest BCUT2D eigenvalue weighted by Crippen LogP contribution is -2.74. The SMILES string of the molecule is CO/N=C(\C(=O)N1CCC2C(Sc3nnnn3C)=C(OC(=O)O)N3C(=O)[C@@H]1[C@@H]23)c1csc(N)n1. The van der Waals surface area contributed by atoms with Gasteiger partial charge in [0.2, 0.25) is 11.0 Å². The second-order valence-electron chi connectivity index (χ2n) is 7.46. The average Bonchev–Trinajstić information content (AvgIpc) is 3.48. The van der Waals surface area contributed by atoms with Gasteiger partial charge in [-0.25, -0.2) is 14.5 Å². The van der Waals surface area contributed by atoms with E-state index in [1.807, 2.05) is 0 Å². The maximum absolute atomic E-state index is 13.4. The molecule has 5 heterocycles. The number of carbonyl (C=O) groups is 3. The smallest absolute Gasteiger partial charge is 0.449 e. The number of rotatable bonds is 6. The molecule has 3 atom stereocenters. The fraction of sp³-hybridized carbons (Fsp3) is 0.412. The molecule has 3 aliphatic rings. The molecule has 3 N–H and O–H groups in total. The first-order valence-corrected chi connectivity index (χ1v) is 11.5. The van der Waals surface area contributed by atoms with Crippen molar-refractivity contribution in [2.75, 3.05) is 19.4 Å². The molecular weight excluding hydrogens is 490 g/mol. The molecular formula is C17H17N9O6S2. The Morgan fingerprint density at radius 2 is 2.21 bits per heavy atom. The molecule has 0 bridgehead atoms. The van der Waals surface area contributed by atoms with Crippen molar-refractivity contribution in [2.45, 2.75) is 23.7 Å². The third-order valence-electron chi connectivity index (χ3n) is 5.68. The highest BCUT2D eigenvalue weighted by atomic mass is 32.2. The zero-order valence-corrected chi connectivity index (χ0v) is 19.3. The number of ether oxygens (including phenoxy) is 1. The number of nitrogen functional groups attached to an aromatic ring is 1. The minimum absolute atomic E-state index is 0.0760. The van der Waals surface area contributed by atoms with Gasteiger partial charge in [-0.3, -0.25) is 14.5 Å². The maximum Gasteiger partial charge on any atom is 0.512 e. The van der Waals surface area contributed by atoms with E-state index in [1.165, 1.54) is 21.6 Å². The molecule has 15 nitrogen and oxygen atoms in total.